The zero-order valence-corrected chi connectivity index (χ0v) is 12.9. The van der Waals surface area contributed by atoms with Gasteiger partial charge < -0.3 is 10.4 Å². The third-order valence-corrected chi connectivity index (χ3v) is 3.78. The predicted molar refractivity (Wildman–Crippen MR) is 86.1 cm³/mol. The van der Waals surface area contributed by atoms with Crippen molar-refractivity contribution in [2.75, 3.05) is 13.2 Å². The Labute approximate surface area is 126 Å². The van der Waals surface area contributed by atoms with Gasteiger partial charge in [-0.25, -0.2) is 0 Å². The van der Waals surface area contributed by atoms with Crippen molar-refractivity contribution < 1.29 is 5.11 Å². The van der Waals surface area contributed by atoms with Gasteiger partial charge in [0.25, 0.3) is 0 Å². The minimum Gasteiger partial charge on any atom is -0.394 e. The second-order valence-electron chi connectivity index (χ2n) is 5.75. The quantitative estimate of drug-likeness (QED) is 0.785. The van der Waals surface area contributed by atoms with Crippen molar-refractivity contribution in [3.8, 4) is 11.1 Å². The van der Waals surface area contributed by atoms with Crippen LogP contribution in [0.15, 0.2) is 42.7 Å². The molecule has 4 heteroatoms. The highest BCUT2D eigenvalue weighted by atomic mass is 16.3. The van der Waals surface area contributed by atoms with Crippen LogP contribution in [-0.2, 0) is 6.54 Å². The van der Waals surface area contributed by atoms with Gasteiger partial charge in [0.05, 0.1) is 12.8 Å². The molecule has 0 aliphatic rings. The van der Waals surface area contributed by atoms with Crippen LogP contribution in [0, 0.1) is 0 Å². The summed E-state index contributed by atoms with van der Waals surface area (Å²) >= 11 is 0. The Morgan fingerprint density at radius 3 is 2.67 bits per heavy atom. The monoisotopic (exact) mass is 287 g/mol. The third kappa shape index (κ3) is 4.41. The summed E-state index contributed by atoms with van der Waals surface area (Å²) in [6, 6.07) is 10.2. The second-order valence-corrected chi connectivity index (χ2v) is 5.75. The minimum atomic E-state index is -0.241. The molecule has 1 aromatic carbocycles. The average molecular weight is 287 g/mol. The van der Waals surface area contributed by atoms with Crippen molar-refractivity contribution >= 4 is 0 Å². The van der Waals surface area contributed by atoms with Gasteiger partial charge in [0.1, 0.15) is 0 Å². The number of aryl methyl sites for hydroxylation is 1. The smallest absolute Gasteiger partial charge is 0.0611 e. The lowest BCUT2D eigenvalue weighted by molar-refractivity contribution is 0.160. The van der Waals surface area contributed by atoms with Gasteiger partial charge in [-0.05, 0) is 31.9 Å². The van der Waals surface area contributed by atoms with E-state index < -0.39 is 0 Å². The van der Waals surface area contributed by atoms with Crippen LogP contribution < -0.4 is 5.32 Å². The Hall–Kier alpha value is -1.65. The molecular weight excluding hydrogens is 262 g/mol. The molecule has 0 saturated carbocycles. The van der Waals surface area contributed by atoms with Gasteiger partial charge in [0.15, 0.2) is 0 Å². The van der Waals surface area contributed by atoms with E-state index in [1.807, 2.05) is 29.1 Å². The first-order chi connectivity index (χ1) is 10.2. The molecule has 0 saturated heterocycles. The van der Waals surface area contributed by atoms with Gasteiger partial charge in [-0.1, -0.05) is 37.3 Å². The van der Waals surface area contributed by atoms with Crippen LogP contribution in [0.4, 0.5) is 0 Å². The second kappa shape index (κ2) is 7.38. The standard InChI is InChI=1S/C17H25N3O/c1-3-10-18-17(2,14-21)9-11-20-13-16(12-19-20)15-7-5-4-6-8-15/h4-8,12-13,18,21H,3,9-11,14H2,1-2H3. The normalized spacial score (nSPS) is 14.0. The van der Waals surface area contributed by atoms with E-state index >= 15 is 0 Å². The van der Waals surface area contributed by atoms with Crippen molar-refractivity contribution in [1.29, 1.82) is 0 Å². The van der Waals surface area contributed by atoms with E-state index in [0.717, 1.165) is 31.5 Å². The lowest BCUT2D eigenvalue weighted by atomic mass is 9.99. The molecule has 114 valence electrons. The van der Waals surface area contributed by atoms with E-state index in [2.05, 4.69) is 42.6 Å². The van der Waals surface area contributed by atoms with Gasteiger partial charge in [-0.2, -0.15) is 5.10 Å². The summed E-state index contributed by atoms with van der Waals surface area (Å²) < 4.78 is 1.95. The Balaban J connectivity index is 1.96. The van der Waals surface area contributed by atoms with Crippen LogP contribution in [0.5, 0.6) is 0 Å². The molecule has 0 aliphatic heterocycles. The summed E-state index contributed by atoms with van der Waals surface area (Å²) in [6.45, 7) is 6.04. The van der Waals surface area contributed by atoms with Crippen molar-refractivity contribution in [3.05, 3.63) is 42.7 Å². The van der Waals surface area contributed by atoms with Crippen LogP contribution in [0.3, 0.4) is 0 Å². The number of benzene rings is 1. The molecular formula is C17H25N3O. The lowest BCUT2D eigenvalue weighted by Crippen LogP contribution is -2.46. The van der Waals surface area contributed by atoms with E-state index in [-0.39, 0.29) is 12.1 Å². The number of nitrogens with one attached hydrogen (secondary N) is 1. The van der Waals surface area contributed by atoms with E-state index in [9.17, 15) is 5.11 Å². The van der Waals surface area contributed by atoms with E-state index in [1.165, 1.54) is 5.56 Å². The highest BCUT2D eigenvalue weighted by molar-refractivity contribution is 5.61. The maximum absolute atomic E-state index is 9.58. The number of aliphatic hydroxyl groups is 1. The fourth-order valence-corrected chi connectivity index (χ4v) is 2.28. The topological polar surface area (TPSA) is 50.1 Å². The first kappa shape index (κ1) is 15.7. The summed E-state index contributed by atoms with van der Waals surface area (Å²) in [4.78, 5) is 0. The van der Waals surface area contributed by atoms with E-state index in [1.54, 1.807) is 0 Å². The first-order valence-electron chi connectivity index (χ1n) is 7.60. The van der Waals surface area contributed by atoms with Gasteiger partial charge in [-0.15, -0.1) is 0 Å². The average Bonchev–Trinajstić information content (AvgIpc) is 3.01. The van der Waals surface area contributed by atoms with Gasteiger partial charge in [0.2, 0.25) is 0 Å². The highest BCUT2D eigenvalue weighted by Gasteiger charge is 2.22. The molecule has 0 amide bonds. The van der Waals surface area contributed by atoms with Gasteiger partial charge in [-0.3, -0.25) is 4.68 Å². The molecule has 0 fully saturated rings. The predicted octanol–water partition coefficient (Wildman–Crippen LogP) is 2.69. The summed E-state index contributed by atoms with van der Waals surface area (Å²) in [6.07, 6.45) is 5.87. The third-order valence-electron chi connectivity index (χ3n) is 3.78. The minimum absolute atomic E-state index is 0.139. The summed E-state index contributed by atoms with van der Waals surface area (Å²) in [5, 5.41) is 17.4. The number of aliphatic hydroxyl groups excluding tert-OH is 1. The van der Waals surface area contributed by atoms with Crippen LogP contribution in [0.2, 0.25) is 0 Å². The van der Waals surface area contributed by atoms with Crippen LogP contribution in [0.25, 0.3) is 11.1 Å². The number of rotatable bonds is 8. The molecule has 0 spiro atoms. The molecule has 21 heavy (non-hydrogen) atoms. The number of nitrogens with zero attached hydrogens (tertiary/aromatic N) is 2. The molecule has 2 aromatic rings. The molecule has 4 nitrogen and oxygen atoms in total. The van der Waals surface area contributed by atoms with Crippen molar-refractivity contribution in [1.82, 2.24) is 15.1 Å². The number of hydrogen-bond acceptors (Lipinski definition) is 3. The largest absolute Gasteiger partial charge is 0.394 e. The summed E-state index contributed by atoms with van der Waals surface area (Å²) in [5.74, 6) is 0. The zero-order valence-electron chi connectivity index (χ0n) is 12.9. The fraction of sp³-hybridized carbons (Fsp3) is 0.471. The van der Waals surface area contributed by atoms with Gasteiger partial charge in [0, 0.05) is 23.8 Å². The van der Waals surface area contributed by atoms with Crippen molar-refractivity contribution in [3.63, 3.8) is 0 Å². The molecule has 2 N–H and O–H groups in total. The molecule has 0 bridgehead atoms. The fourth-order valence-electron chi connectivity index (χ4n) is 2.28. The molecule has 1 heterocycles. The van der Waals surface area contributed by atoms with E-state index in [4.69, 9.17) is 0 Å². The summed E-state index contributed by atoms with van der Waals surface area (Å²) in [5.41, 5.74) is 2.06. The highest BCUT2D eigenvalue weighted by Crippen LogP contribution is 2.18. The first-order valence-corrected chi connectivity index (χ1v) is 7.60. The number of aromatic nitrogens is 2. The van der Waals surface area contributed by atoms with Crippen LogP contribution in [0.1, 0.15) is 26.7 Å². The molecule has 1 aromatic heterocycles. The van der Waals surface area contributed by atoms with E-state index in [0.29, 0.717) is 0 Å². The van der Waals surface area contributed by atoms with Gasteiger partial charge >= 0.3 is 0 Å². The van der Waals surface area contributed by atoms with Crippen LogP contribution in [-0.4, -0.2) is 33.6 Å². The Kier molecular flexibility index (Phi) is 5.53. The zero-order chi connectivity index (χ0) is 15.1. The molecule has 0 radical (unpaired) electrons. The molecule has 2 rings (SSSR count). The Bertz CT molecular complexity index is 538. The lowest BCUT2D eigenvalue weighted by Gasteiger charge is -2.28. The van der Waals surface area contributed by atoms with Crippen molar-refractivity contribution in [2.45, 2.75) is 38.8 Å². The van der Waals surface area contributed by atoms with Crippen LogP contribution >= 0.6 is 0 Å². The Morgan fingerprint density at radius 2 is 2.00 bits per heavy atom. The Morgan fingerprint density at radius 1 is 1.24 bits per heavy atom. The maximum atomic E-state index is 9.58. The SMILES string of the molecule is CCCNC(C)(CO)CCn1cc(-c2ccccc2)cn1. The number of hydrogen-bond donors (Lipinski definition) is 2. The molecule has 1 unspecified atom stereocenters. The summed E-state index contributed by atoms with van der Waals surface area (Å²) in [7, 11) is 0. The van der Waals surface area contributed by atoms with Crippen molar-refractivity contribution in [2.24, 2.45) is 0 Å². The molecule has 0 aliphatic carbocycles. The maximum Gasteiger partial charge on any atom is 0.0611 e. The molecule has 1 atom stereocenters.